The summed E-state index contributed by atoms with van der Waals surface area (Å²) in [5.41, 5.74) is -0.579. The predicted octanol–water partition coefficient (Wildman–Crippen LogP) is 4.41. The highest BCUT2D eigenvalue weighted by atomic mass is 16.1. The second-order valence-electron chi connectivity index (χ2n) is 9.69. The van der Waals surface area contributed by atoms with E-state index in [1.807, 2.05) is 20.8 Å². The molecule has 4 nitrogen and oxygen atoms in total. The number of nitrogens with one attached hydrogen (secondary N) is 1. The Morgan fingerprint density at radius 3 is 1.84 bits per heavy atom. The highest BCUT2D eigenvalue weighted by molar-refractivity contribution is 5.91. The first-order valence-electron chi connectivity index (χ1n) is 9.49. The van der Waals surface area contributed by atoms with Gasteiger partial charge in [-0.05, 0) is 24.2 Å². The first-order chi connectivity index (χ1) is 11.2. The average molecular weight is 354 g/mol. The monoisotopic (exact) mass is 353 g/mol. The van der Waals surface area contributed by atoms with E-state index < -0.39 is 5.41 Å². The molecule has 4 heteroatoms. The molecular formula is C21H39NO3. The lowest BCUT2D eigenvalue weighted by Gasteiger charge is -2.34. The molecule has 0 aliphatic rings. The number of carbonyl (C=O) groups is 3. The molecule has 146 valence electrons. The number of amides is 1. The van der Waals surface area contributed by atoms with E-state index in [-0.39, 0.29) is 40.6 Å². The zero-order valence-electron chi connectivity index (χ0n) is 17.8. The van der Waals surface area contributed by atoms with Crippen LogP contribution in [0.3, 0.4) is 0 Å². The molecule has 0 aliphatic carbocycles. The maximum absolute atomic E-state index is 13.0. The molecule has 0 aromatic carbocycles. The first kappa shape index (κ1) is 23.8. The molecule has 0 fully saturated rings. The SMILES string of the molecule is CC(=O)NCCC[C@H](CC(=O)[C@H](C(C)C)C(C)(C)C)C(=O)C(C)(C)C. The Morgan fingerprint density at radius 2 is 1.48 bits per heavy atom. The van der Waals surface area contributed by atoms with Crippen LogP contribution in [0.5, 0.6) is 0 Å². The van der Waals surface area contributed by atoms with Crippen molar-refractivity contribution in [2.45, 2.75) is 81.6 Å². The topological polar surface area (TPSA) is 63.2 Å². The van der Waals surface area contributed by atoms with Gasteiger partial charge in [-0.1, -0.05) is 55.4 Å². The minimum absolute atomic E-state index is 0.0573. The van der Waals surface area contributed by atoms with Gasteiger partial charge in [0, 0.05) is 37.1 Å². The number of Topliss-reactive ketones (excluding diaryl/α,β-unsaturated/α-hetero) is 2. The van der Waals surface area contributed by atoms with Crippen LogP contribution in [0.2, 0.25) is 0 Å². The van der Waals surface area contributed by atoms with E-state index in [4.69, 9.17) is 0 Å². The molecule has 0 saturated carbocycles. The Balaban J connectivity index is 5.17. The van der Waals surface area contributed by atoms with Crippen molar-refractivity contribution in [3.8, 4) is 0 Å². The fourth-order valence-corrected chi connectivity index (χ4v) is 3.78. The van der Waals surface area contributed by atoms with Crippen LogP contribution in [0.1, 0.15) is 81.6 Å². The summed E-state index contributed by atoms with van der Waals surface area (Å²) in [5.74, 6) is 0.173. The molecule has 0 heterocycles. The second-order valence-corrected chi connectivity index (χ2v) is 9.69. The largest absolute Gasteiger partial charge is 0.356 e. The van der Waals surface area contributed by atoms with Crippen molar-refractivity contribution >= 4 is 17.5 Å². The summed E-state index contributed by atoms with van der Waals surface area (Å²) in [7, 11) is 0. The fraction of sp³-hybridized carbons (Fsp3) is 0.857. The third-order valence-electron chi connectivity index (χ3n) is 4.61. The smallest absolute Gasteiger partial charge is 0.216 e. The number of ketones is 2. The summed E-state index contributed by atoms with van der Waals surface area (Å²) < 4.78 is 0. The Kier molecular flexibility index (Phi) is 9.04. The van der Waals surface area contributed by atoms with Crippen molar-refractivity contribution in [3.05, 3.63) is 0 Å². The maximum Gasteiger partial charge on any atom is 0.216 e. The minimum Gasteiger partial charge on any atom is -0.356 e. The van der Waals surface area contributed by atoms with E-state index in [1.54, 1.807) is 0 Å². The summed E-state index contributed by atoms with van der Waals surface area (Å²) in [5, 5.41) is 2.76. The van der Waals surface area contributed by atoms with Crippen LogP contribution in [-0.4, -0.2) is 24.0 Å². The molecule has 0 aromatic heterocycles. The molecule has 0 radical (unpaired) electrons. The summed E-state index contributed by atoms with van der Waals surface area (Å²) in [6.07, 6.45) is 1.65. The van der Waals surface area contributed by atoms with Crippen LogP contribution in [0.4, 0.5) is 0 Å². The van der Waals surface area contributed by atoms with E-state index in [0.717, 1.165) is 0 Å². The molecule has 1 N–H and O–H groups in total. The van der Waals surface area contributed by atoms with Gasteiger partial charge >= 0.3 is 0 Å². The van der Waals surface area contributed by atoms with Crippen LogP contribution in [0.25, 0.3) is 0 Å². The Bertz CT molecular complexity index is 467. The van der Waals surface area contributed by atoms with Crippen molar-refractivity contribution in [2.75, 3.05) is 6.54 Å². The summed E-state index contributed by atoms with van der Waals surface area (Å²) in [6.45, 7) is 18.2. The Morgan fingerprint density at radius 1 is 0.960 bits per heavy atom. The molecule has 1 amide bonds. The Labute approximate surface area is 154 Å². The van der Waals surface area contributed by atoms with E-state index in [2.05, 4.69) is 39.9 Å². The lowest BCUT2D eigenvalue weighted by Crippen LogP contribution is -2.37. The van der Waals surface area contributed by atoms with Gasteiger partial charge in [-0.2, -0.15) is 0 Å². The van der Waals surface area contributed by atoms with Crippen molar-refractivity contribution < 1.29 is 14.4 Å². The maximum atomic E-state index is 13.0. The number of carbonyl (C=O) groups excluding carboxylic acids is 3. The molecule has 0 bridgehead atoms. The molecule has 0 unspecified atom stereocenters. The van der Waals surface area contributed by atoms with Gasteiger partial charge in [0.05, 0.1) is 0 Å². The lowest BCUT2D eigenvalue weighted by atomic mass is 9.69. The van der Waals surface area contributed by atoms with E-state index in [1.165, 1.54) is 6.92 Å². The summed E-state index contributed by atoms with van der Waals surface area (Å²) >= 11 is 0. The lowest BCUT2D eigenvalue weighted by molar-refractivity contribution is -0.137. The van der Waals surface area contributed by atoms with E-state index in [9.17, 15) is 14.4 Å². The van der Waals surface area contributed by atoms with Crippen LogP contribution in [0, 0.1) is 28.6 Å². The molecule has 0 aliphatic heterocycles. The van der Waals surface area contributed by atoms with Gasteiger partial charge in [0.2, 0.25) is 5.91 Å². The van der Waals surface area contributed by atoms with Gasteiger partial charge in [0.1, 0.15) is 11.6 Å². The number of hydrogen-bond acceptors (Lipinski definition) is 3. The van der Waals surface area contributed by atoms with Gasteiger partial charge < -0.3 is 5.32 Å². The zero-order chi connectivity index (χ0) is 20.0. The standard InChI is InChI=1S/C21H39NO3/c1-14(2)18(20(4,5)6)17(24)13-16(19(25)21(7,8)9)11-10-12-22-15(3)23/h14,16,18H,10-13H2,1-9H3,(H,22,23)/t16-,18+/m1/s1. The minimum atomic E-state index is -0.464. The first-order valence-corrected chi connectivity index (χ1v) is 9.49. The summed E-state index contributed by atoms with van der Waals surface area (Å²) in [4.78, 5) is 36.8. The van der Waals surface area contributed by atoms with Gasteiger partial charge in [0.15, 0.2) is 0 Å². The third kappa shape index (κ3) is 8.64. The van der Waals surface area contributed by atoms with Crippen molar-refractivity contribution in [2.24, 2.45) is 28.6 Å². The number of hydrogen-bond donors (Lipinski definition) is 1. The highest BCUT2D eigenvalue weighted by Crippen LogP contribution is 2.36. The zero-order valence-corrected chi connectivity index (χ0v) is 17.8. The highest BCUT2D eigenvalue weighted by Gasteiger charge is 2.37. The van der Waals surface area contributed by atoms with Gasteiger partial charge in [-0.15, -0.1) is 0 Å². The normalized spacial score (nSPS) is 15.0. The Hall–Kier alpha value is -1.19. The van der Waals surface area contributed by atoms with Crippen molar-refractivity contribution in [3.63, 3.8) is 0 Å². The van der Waals surface area contributed by atoms with Gasteiger partial charge in [-0.3, -0.25) is 14.4 Å². The van der Waals surface area contributed by atoms with Gasteiger partial charge in [0.25, 0.3) is 0 Å². The molecule has 0 rings (SSSR count). The van der Waals surface area contributed by atoms with Crippen molar-refractivity contribution in [1.82, 2.24) is 5.32 Å². The molecule has 25 heavy (non-hydrogen) atoms. The quantitative estimate of drug-likeness (QED) is 0.624. The molecule has 2 atom stereocenters. The second kappa shape index (κ2) is 9.49. The predicted molar refractivity (Wildman–Crippen MR) is 103 cm³/mol. The van der Waals surface area contributed by atoms with Gasteiger partial charge in [-0.25, -0.2) is 0 Å². The summed E-state index contributed by atoms with van der Waals surface area (Å²) in [6, 6.07) is 0. The third-order valence-corrected chi connectivity index (χ3v) is 4.61. The molecule has 0 aromatic rings. The van der Waals surface area contributed by atoms with Crippen LogP contribution in [-0.2, 0) is 14.4 Å². The van der Waals surface area contributed by atoms with Crippen LogP contribution >= 0.6 is 0 Å². The van der Waals surface area contributed by atoms with E-state index in [0.29, 0.717) is 25.8 Å². The molecule has 0 spiro atoms. The molecule has 0 saturated heterocycles. The van der Waals surface area contributed by atoms with Crippen LogP contribution < -0.4 is 5.32 Å². The van der Waals surface area contributed by atoms with Crippen molar-refractivity contribution in [1.29, 1.82) is 0 Å². The fourth-order valence-electron chi connectivity index (χ4n) is 3.78. The van der Waals surface area contributed by atoms with E-state index >= 15 is 0 Å². The number of rotatable bonds is 9. The average Bonchev–Trinajstić information content (AvgIpc) is 2.37. The van der Waals surface area contributed by atoms with Crippen LogP contribution in [0.15, 0.2) is 0 Å². The molecular weight excluding hydrogens is 314 g/mol.